The predicted molar refractivity (Wildman–Crippen MR) is 114 cm³/mol. The first-order chi connectivity index (χ1) is 15.0. The molecule has 4 rings (SSSR count). The number of hydrogen-bond acceptors (Lipinski definition) is 6. The van der Waals surface area contributed by atoms with E-state index in [4.69, 9.17) is 18.9 Å². The molecule has 2 aliphatic rings. The fraction of sp³-hybridized carbons (Fsp3) is 0.391. The summed E-state index contributed by atoms with van der Waals surface area (Å²) in [6.07, 6.45) is 0.798. The average molecular weight is 426 g/mol. The number of amides is 2. The number of nitrogens with zero attached hydrogens (tertiary/aromatic N) is 1. The molecule has 0 spiro atoms. The van der Waals surface area contributed by atoms with Gasteiger partial charge in [-0.2, -0.15) is 0 Å². The third-order valence-electron chi connectivity index (χ3n) is 5.70. The molecule has 2 amide bonds. The van der Waals surface area contributed by atoms with Gasteiger partial charge in [0.2, 0.25) is 5.91 Å². The highest BCUT2D eigenvalue weighted by atomic mass is 16.7. The Morgan fingerprint density at radius 2 is 1.77 bits per heavy atom. The summed E-state index contributed by atoms with van der Waals surface area (Å²) in [5.41, 5.74) is 3.15. The maximum atomic E-state index is 12.7. The highest BCUT2D eigenvalue weighted by molar-refractivity contribution is 6.01. The molecule has 0 unspecified atom stereocenters. The number of benzene rings is 2. The summed E-state index contributed by atoms with van der Waals surface area (Å²) in [5.74, 6) is -0.0392. The van der Waals surface area contributed by atoms with E-state index in [0.29, 0.717) is 49.7 Å². The zero-order valence-corrected chi connectivity index (χ0v) is 17.9. The lowest BCUT2D eigenvalue weighted by atomic mass is 9.98. The van der Waals surface area contributed by atoms with E-state index in [9.17, 15) is 9.59 Å². The summed E-state index contributed by atoms with van der Waals surface area (Å²) in [7, 11) is 4.85. The van der Waals surface area contributed by atoms with Gasteiger partial charge in [0, 0.05) is 42.9 Å². The van der Waals surface area contributed by atoms with Gasteiger partial charge in [-0.25, -0.2) is 0 Å². The van der Waals surface area contributed by atoms with Crippen LogP contribution in [0.4, 0.5) is 5.69 Å². The molecular weight excluding hydrogens is 400 g/mol. The van der Waals surface area contributed by atoms with Gasteiger partial charge in [0.1, 0.15) is 11.5 Å². The molecule has 0 aliphatic carbocycles. The number of carbonyl (C=O) groups is 2. The number of rotatable bonds is 7. The van der Waals surface area contributed by atoms with E-state index in [1.165, 1.54) is 14.2 Å². The van der Waals surface area contributed by atoms with Gasteiger partial charge in [-0.3, -0.25) is 9.59 Å². The lowest BCUT2D eigenvalue weighted by Gasteiger charge is -2.28. The van der Waals surface area contributed by atoms with Crippen LogP contribution in [0.5, 0.6) is 11.5 Å². The Hall–Kier alpha value is -3.10. The molecule has 31 heavy (non-hydrogen) atoms. The van der Waals surface area contributed by atoms with Gasteiger partial charge in [-0.1, -0.05) is 6.07 Å². The molecule has 0 radical (unpaired) electrons. The molecule has 8 nitrogen and oxygen atoms in total. The SMILES string of the molecule is COc1cc(OC)cc(C(=O)NCCC2(c3ccc4c(c3)CC(=O)N4C)OCCO2)c1. The number of hydrogen-bond donors (Lipinski definition) is 1. The molecule has 164 valence electrons. The minimum Gasteiger partial charge on any atom is -0.497 e. The maximum Gasteiger partial charge on any atom is 0.251 e. The van der Waals surface area contributed by atoms with Crippen molar-refractivity contribution in [2.75, 3.05) is 45.9 Å². The van der Waals surface area contributed by atoms with E-state index in [0.717, 1.165) is 16.8 Å². The smallest absolute Gasteiger partial charge is 0.251 e. The number of carbonyl (C=O) groups excluding carboxylic acids is 2. The number of methoxy groups -OCH3 is 2. The minimum absolute atomic E-state index is 0.0652. The van der Waals surface area contributed by atoms with Crippen molar-refractivity contribution in [1.82, 2.24) is 5.32 Å². The molecule has 1 N–H and O–H groups in total. The molecule has 0 aromatic heterocycles. The van der Waals surface area contributed by atoms with Crippen molar-refractivity contribution in [2.24, 2.45) is 0 Å². The van der Waals surface area contributed by atoms with E-state index >= 15 is 0 Å². The van der Waals surface area contributed by atoms with Crippen molar-refractivity contribution >= 4 is 17.5 Å². The first-order valence-electron chi connectivity index (χ1n) is 10.1. The van der Waals surface area contributed by atoms with Gasteiger partial charge < -0.3 is 29.2 Å². The van der Waals surface area contributed by atoms with Gasteiger partial charge in [-0.05, 0) is 29.8 Å². The second-order valence-electron chi connectivity index (χ2n) is 7.53. The van der Waals surface area contributed by atoms with E-state index in [-0.39, 0.29) is 11.8 Å². The lowest BCUT2D eigenvalue weighted by molar-refractivity contribution is -0.169. The zero-order chi connectivity index (χ0) is 22.0. The second kappa shape index (κ2) is 8.56. The topological polar surface area (TPSA) is 86.3 Å². The fourth-order valence-electron chi connectivity index (χ4n) is 4.00. The summed E-state index contributed by atoms with van der Waals surface area (Å²) in [6, 6.07) is 10.8. The second-order valence-corrected chi connectivity index (χ2v) is 7.53. The van der Waals surface area contributed by atoms with Crippen LogP contribution in [0.1, 0.15) is 27.9 Å². The molecule has 2 heterocycles. The summed E-state index contributed by atoms with van der Waals surface area (Å²) < 4.78 is 22.4. The van der Waals surface area contributed by atoms with Crippen LogP contribution in [0.3, 0.4) is 0 Å². The van der Waals surface area contributed by atoms with Crippen LogP contribution in [-0.4, -0.2) is 52.8 Å². The van der Waals surface area contributed by atoms with Crippen molar-refractivity contribution in [3.8, 4) is 11.5 Å². The molecule has 0 bridgehead atoms. The van der Waals surface area contributed by atoms with Crippen molar-refractivity contribution in [2.45, 2.75) is 18.6 Å². The number of nitrogens with one attached hydrogen (secondary N) is 1. The quantitative estimate of drug-likeness (QED) is 0.731. The van der Waals surface area contributed by atoms with Crippen molar-refractivity contribution in [3.05, 3.63) is 53.1 Å². The van der Waals surface area contributed by atoms with Crippen LogP contribution in [-0.2, 0) is 26.5 Å². The number of anilines is 1. The van der Waals surface area contributed by atoms with Crippen LogP contribution in [0.2, 0.25) is 0 Å². The Morgan fingerprint density at radius 3 is 2.42 bits per heavy atom. The summed E-state index contributed by atoms with van der Waals surface area (Å²) in [6.45, 7) is 1.28. The number of likely N-dealkylation sites (N-methyl/N-ethyl adjacent to an activating group) is 1. The van der Waals surface area contributed by atoms with Crippen molar-refractivity contribution < 1.29 is 28.5 Å². The van der Waals surface area contributed by atoms with Gasteiger partial charge in [0.15, 0.2) is 5.79 Å². The van der Waals surface area contributed by atoms with E-state index in [1.807, 2.05) is 18.2 Å². The standard InChI is InChI=1S/C23H26N2O6/c1-25-20-5-4-17(10-15(20)13-21(25)26)23(30-8-9-31-23)6-7-24-22(27)16-11-18(28-2)14-19(12-16)29-3/h4-5,10-12,14H,6-9,13H2,1-3H3,(H,24,27). The van der Waals surface area contributed by atoms with Gasteiger partial charge in [0.25, 0.3) is 5.91 Å². The Morgan fingerprint density at radius 1 is 1.10 bits per heavy atom. The van der Waals surface area contributed by atoms with Crippen molar-refractivity contribution in [3.63, 3.8) is 0 Å². The van der Waals surface area contributed by atoms with Gasteiger partial charge in [0.05, 0.1) is 33.9 Å². The van der Waals surface area contributed by atoms with Gasteiger partial charge in [-0.15, -0.1) is 0 Å². The monoisotopic (exact) mass is 426 g/mol. The largest absolute Gasteiger partial charge is 0.497 e. The highest BCUT2D eigenvalue weighted by Crippen LogP contribution is 2.38. The molecule has 0 saturated carbocycles. The van der Waals surface area contributed by atoms with Crippen LogP contribution in [0.25, 0.3) is 0 Å². The summed E-state index contributed by atoms with van der Waals surface area (Å²) in [5, 5.41) is 2.92. The molecule has 1 fully saturated rings. The lowest BCUT2D eigenvalue weighted by Crippen LogP contribution is -2.34. The Labute approximate surface area is 181 Å². The molecule has 2 aromatic carbocycles. The van der Waals surface area contributed by atoms with Crippen molar-refractivity contribution in [1.29, 1.82) is 0 Å². The van der Waals surface area contributed by atoms with Gasteiger partial charge >= 0.3 is 0 Å². The molecule has 8 heteroatoms. The van der Waals surface area contributed by atoms with E-state index in [1.54, 1.807) is 30.1 Å². The van der Waals surface area contributed by atoms with E-state index < -0.39 is 5.79 Å². The molecule has 0 atom stereocenters. The number of fused-ring (bicyclic) bond motifs is 1. The molecule has 2 aromatic rings. The summed E-state index contributed by atoms with van der Waals surface area (Å²) in [4.78, 5) is 26.3. The average Bonchev–Trinajstić information content (AvgIpc) is 3.38. The van der Waals surface area contributed by atoms with Crippen LogP contribution in [0, 0.1) is 0 Å². The normalized spacial score (nSPS) is 16.9. The first-order valence-corrected chi connectivity index (χ1v) is 10.1. The molecule has 1 saturated heterocycles. The van der Waals surface area contributed by atoms with E-state index in [2.05, 4.69) is 5.32 Å². The fourth-order valence-corrected chi connectivity index (χ4v) is 4.00. The maximum absolute atomic E-state index is 12.7. The Kier molecular flexibility index (Phi) is 5.84. The Bertz CT molecular complexity index is 977. The van der Waals surface area contributed by atoms with Crippen LogP contribution in [0.15, 0.2) is 36.4 Å². The number of ether oxygens (including phenoxy) is 4. The zero-order valence-electron chi connectivity index (χ0n) is 17.9. The molecule has 2 aliphatic heterocycles. The summed E-state index contributed by atoms with van der Waals surface area (Å²) >= 11 is 0. The predicted octanol–water partition coefficient (Wildman–Crippen LogP) is 2.24. The van der Waals surface area contributed by atoms with Crippen LogP contribution < -0.4 is 19.7 Å². The highest BCUT2D eigenvalue weighted by Gasteiger charge is 2.39. The minimum atomic E-state index is -0.946. The van der Waals surface area contributed by atoms with Crippen LogP contribution >= 0.6 is 0 Å². The molecular formula is C23H26N2O6. The first kappa shape index (κ1) is 21.1. The Balaban J connectivity index is 1.47. The third-order valence-corrected chi connectivity index (χ3v) is 5.70. The third kappa shape index (κ3) is 4.08.